The molecule has 0 radical (unpaired) electrons. The van der Waals surface area contributed by atoms with E-state index in [2.05, 4.69) is 4.98 Å². The minimum Gasteiger partial charge on any atom is -0.479 e. The molecule has 7 nitrogen and oxygen atoms in total. The van der Waals surface area contributed by atoms with Crippen molar-refractivity contribution < 1.29 is 24.2 Å². The van der Waals surface area contributed by atoms with Gasteiger partial charge in [0.15, 0.2) is 6.10 Å². The summed E-state index contributed by atoms with van der Waals surface area (Å²) in [6, 6.07) is 13.8. The number of amides is 1. The van der Waals surface area contributed by atoms with Crippen LogP contribution < -0.4 is 4.74 Å². The number of fused-ring (bicyclic) bond motifs is 1. The van der Waals surface area contributed by atoms with E-state index in [1.54, 1.807) is 28.6 Å². The van der Waals surface area contributed by atoms with Crippen LogP contribution in [0.3, 0.4) is 0 Å². The number of carbonyl (C=O) groups excluding carboxylic acids is 1. The molecule has 1 aliphatic rings. The maximum Gasteiger partial charge on any atom is 0.410 e. The molecule has 1 amide bonds. The molecule has 1 aromatic heterocycles. The molecular formula is C23H21ClN2O5S. The lowest BCUT2D eigenvalue weighted by Gasteiger charge is -2.35. The number of hydrogen-bond acceptors (Lipinski definition) is 6. The number of halogens is 1. The summed E-state index contributed by atoms with van der Waals surface area (Å²) in [6.45, 7) is 1.99. The van der Waals surface area contributed by atoms with Crippen LogP contribution in [0.2, 0.25) is 5.02 Å². The van der Waals surface area contributed by atoms with E-state index >= 15 is 0 Å². The number of aliphatic carboxylic acids is 1. The van der Waals surface area contributed by atoms with Crippen molar-refractivity contribution >= 4 is 35.0 Å². The maximum atomic E-state index is 13.1. The second-order valence-electron chi connectivity index (χ2n) is 7.33. The third kappa shape index (κ3) is 4.71. The number of carboxylic acids is 1. The predicted octanol–water partition coefficient (Wildman–Crippen LogP) is 4.93. The number of rotatable bonds is 6. The molecule has 0 saturated heterocycles. The van der Waals surface area contributed by atoms with Gasteiger partial charge in [-0.3, -0.25) is 4.90 Å². The van der Waals surface area contributed by atoms with Crippen molar-refractivity contribution in [2.24, 2.45) is 0 Å². The molecule has 1 aliphatic heterocycles. The Kier molecular flexibility index (Phi) is 6.62. The fourth-order valence-corrected chi connectivity index (χ4v) is 4.72. The van der Waals surface area contributed by atoms with E-state index < -0.39 is 24.2 Å². The van der Waals surface area contributed by atoms with Crippen LogP contribution in [0, 0.1) is 0 Å². The van der Waals surface area contributed by atoms with Crippen LogP contribution in [0.4, 0.5) is 4.79 Å². The van der Waals surface area contributed by atoms with Gasteiger partial charge in [0.25, 0.3) is 0 Å². The zero-order valence-electron chi connectivity index (χ0n) is 17.2. The molecular weight excluding hydrogens is 452 g/mol. The van der Waals surface area contributed by atoms with Gasteiger partial charge < -0.3 is 14.6 Å². The van der Waals surface area contributed by atoms with E-state index in [1.165, 1.54) is 18.3 Å². The fraction of sp³-hybridized carbons (Fsp3) is 0.261. The monoisotopic (exact) mass is 472 g/mol. The number of carbonyl (C=O) groups is 2. The fourth-order valence-electron chi connectivity index (χ4n) is 3.57. The molecule has 0 aliphatic carbocycles. The summed E-state index contributed by atoms with van der Waals surface area (Å²) in [5.41, 5.74) is 4.10. The predicted molar refractivity (Wildman–Crippen MR) is 120 cm³/mol. The molecule has 2 aromatic carbocycles. The highest BCUT2D eigenvalue weighted by molar-refractivity contribution is 7.09. The standard InChI is InChI=1S/C23H21ClN2O5S/c1-14(22(27)28)31-19-8-7-16(24)11-17(19)20-21-18(25-13-32-21)9-10-26(20)23(29)30-12-15-5-3-2-4-6-15/h2-8,11,13-14,20H,9-10,12H2,1H3,(H,27,28)/t14-,20?/m1/s1. The number of thiazole rings is 1. The Labute approximate surface area is 194 Å². The smallest absolute Gasteiger partial charge is 0.410 e. The Bertz CT molecular complexity index is 1120. The third-order valence-electron chi connectivity index (χ3n) is 5.18. The van der Waals surface area contributed by atoms with Crippen molar-refractivity contribution in [1.82, 2.24) is 9.88 Å². The van der Waals surface area contributed by atoms with Crippen LogP contribution >= 0.6 is 22.9 Å². The van der Waals surface area contributed by atoms with Crippen LogP contribution in [0.25, 0.3) is 0 Å². The average Bonchev–Trinajstić information content (AvgIpc) is 3.27. The molecule has 2 heterocycles. The lowest BCUT2D eigenvalue weighted by atomic mass is 9.97. The number of benzene rings is 2. The molecule has 1 unspecified atom stereocenters. The van der Waals surface area contributed by atoms with Gasteiger partial charge in [-0.05, 0) is 30.7 Å². The highest BCUT2D eigenvalue weighted by atomic mass is 35.5. The number of carboxylic acid groups (broad SMARTS) is 1. The van der Waals surface area contributed by atoms with Gasteiger partial charge in [0.2, 0.25) is 0 Å². The molecule has 0 bridgehead atoms. The summed E-state index contributed by atoms with van der Waals surface area (Å²) >= 11 is 7.71. The summed E-state index contributed by atoms with van der Waals surface area (Å²) in [5.74, 6) is -0.747. The molecule has 1 N–H and O–H groups in total. The Balaban J connectivity index is 1.68. The number of aromatic nitrogens is 1. The first-order valence-electron chi connectivity index (χ1n) is 10.0. The molecule has 166 valence electrons. The van der Waals surface area contributed by atoms with Crippen LogP contribution in [0.5, 0.6) is 5.75 Å². The average molecular weight is 473 g/mol. The first-order valence-corrected chi connectivity index (χ1v) is 11.3. The maximum absolute atomic E-state index is 13.1. The number of nitrogens with zero attached hydrogens (tertiary/aromatic N) is 2. The van der Waals surface area contributed by atoms with Gasteiger partial charge in [-0.1, -0.05) is 41.9 Å². The van der Waals surface area contributed by atoms with Gasteiger partial charge in [-0.15, -0.1) is 11.3 Å². The van der Waals surface area contributed by atoms with E-state index in [1.807, 2.05) is 30.3 Å². The first kappa shape index (κ1) is 22.1. The summed E-state index contributed by atoms with van der Waals surface area (Å²) in [5, 5.41) is 9.75. The van der Waals surface area contributed by atoms with E-state index in [4.69, 9.17) is 21.1 Å². The minimum atomic E-state index is -1.09. The molecule has 0 fully saturated rings. The van der Waals surface area contributed by atoms with Crippen molar-refractivity contribution in [2.45, 2.75) is 32.1 Å². The molecule has 0 saturated carbocycles. The zero-order chi connectivity index (χ0) is 22.7. The molecule has 3 aromatic rings. The molecule has 32 heavy (non-hydrogen) atoms. The van der Waals surface area contributed by atoms with E-state index in [9.17, 15) is 14.7 Å². The van der Waals surface area contributed by atoms with Crippen LogP contribution in [0.15, 0.2) is 54.0 Å². The first-order chi connectivity index (χ1) is 15.4. The Morgan fingerprint density at radius 3 is 2.81 bits per heavy atom. The van der Waals surface area contributed by atoms with Crippen molar-refractivity contribution in [1.29, 1.82) is 0 Å². The Morgan fingerprint density at radius 1 is 1.28 bits per heavy atom. The van der Waals surface area contributed by atoms with Crippen LogP contribution in [-0.4, -0.2) is 39.7 Å². The zero-order valence-corrected chi connectivity index (χ0v) is 18.8. The SMILES string of the molecule is C[C@@H](Oc1ccc(Cl)cc1C1c2scnc2CCN1C(=O)OCc1ccccc1)C(=O)O. The van der Waals surface area contributed by atoms with E-state index in [-0.39, 0.29) is 6.61 Å². The van der Waals surface area contributed by atoms with Gasteiger partial charge >= 0.3 is 12.1 Å². The highest BCUT2D eigenvalue weighted by Crippen LogP contribution is 2.42. The normalized spacial score (nSPS) is 16.2. The Hall–Kier alpha value is -3.10. The summed E-state index contributed by atoms with van der Waals surface area (Å²) < 4.78 is 11.3. The highest BCUT2D eigenvalue weighted by Gasteiger charge is 2.37. The van der Waals surface area contributed by atoms with Gasteiger partial charge in [0.1, 0.15) is 18.4 Å². The summed E-state index contributed by atoms with van der Waals surface area (Å²) in [6.07, 6.45) is -0.953. The quantitative estimate of drug-likeness (QED) is 0.547. The van der Waals surface area contributed by atoms with Crippen molar-refractivity contribution in [3.63, 3.8) is 0 Å². The third-order valence-corrected chi connectivity index (χ3v) is 6.34. The summed E-state index contributed by atoms with van der Waals surface area (Å²) in [4.78, 5) is 31.4. The van der Waals surface area contributed by atoms with Gasteiger partial charge in [-0.25, -0.2) is 14.6 Å². The van der Waals surface area contributed by atoms with Crippen LogP contribution in [0.1, 0.15) is 34.7 Å². The van der Waals surface area contributed by atoms with E-state index in [0.29, 0.717) is 29.3 Å². The summed E-state index contributed by atoms with van der Waals surface area (Å²) in [7, 11) is 0. The van der Waals surface area contributed by atoms with Crippen molar-refractivity contribution in [3.05, 3.63) is 80.8 Å². The Morgan fingerprint density at radius 2 is 2.06 bits per heavy atom. The second-order valence-corrected chi connectivity index (χ2v) is 8.65. The van der Waals surface area contributed by atoms with Gasteiger partial charge in [-0.2, -0.15) is 0 Å². The van der Waals surface area contributed by atoms with E-state index in [0.717, 1.165) is 16.1 Å². The number of hydrogen-bond donors (Lipinski definition) is 1. The van der Waals surface area contributed by atoms with Gasteiger partial charge in [0, 0.05) is 23.6 Å². The number of ether oxygens (including phenoxy) is 2. The lowest BCUT2D eigenvalue weighted by molar-refractivity contribution is -0.144. The largest absolute Gasteiger partial charge is 0.479 e. The molecule has 4 rings (SSSR count). The minimum absolute atomic E-state index is 0.146. The van der Waals surface area contributed by atoms with Crippen molar-refractivity contribution in [3.8, 4) is 5.75 Å². The molecule has 2 atom stereocenters. The molecule has 0 spiro atoms. The van der Waals surface area contributed by atoms with Crippen LogP contribution in [-0.2, 0) is 22.6 Å². The lowest BCUT2D eigenvalue weighted by Crippen LogP contribution is -2.40. The van der Waals surface area contributed by atoms with Gasteiger partial charge in [0.05, 0.1) is 16.1 Å². The second kappa shape index (κ2) is 9.58. The molecule has 9 heteroatoms. The topological polar surface area (TPSA) is 89.0 Å². The van der Waals surface area contributed by atoms with Crippen molar-refractivity contribution in [2.75, 3.05) is 6.54 Å².